The van der Waals surface area contributed by atoms with E-state index in [0.29, 0.717) is 10.7 Å². The van der Waals surface area contributed by atoms with E-state index in [9.17, 15) is 4.79 Å². The highest BCUT2D eigenvalue weighted by molar-refractivity contribution is 9.10. The number of methoxy groups -OCH3 is 1. The average Bonchev–Trinajstić information content (AvgIpc) is 3.02. The number of hydrazine groups is 1. The monoisotopic (exact) mass is 405 g/mol. The number of carbonyl (C=O) groups excluding carboxylic acids is 1. The molecule has 3 rings (SSSR count). The number of hydrogen-bond donors (Lipinski definition) is 0. The molecule has 0 aliphatic carbocycles. The van der Waals surface area contributed by atoms with Crippen molar-refractivity contribution in [1.29, 1.82) is 0 Å². The van der Waals surface area contributed by atoms with Crippen molar-refractivity contribution < 1.29 is 9.53 Å². The minimum Gasteiger partial charge on any atom is -0.497 e. The molecule has 0 aliphatic rings. The van der Waals surface area contributed by atoms with Crippen LogP contribution in [0.2, 0.25) is 0 Å². The Morgan fingerprint density at radius 1 is 1.21 bits per heavy atom. The average molecular weight is 406 g/mol. The van der Waals surface area contributed by atoms with Crippen LogP contribution in [0, 0.1) is 0 Å². The third kappa shape index (κ3) is 3.22. The van der Waals surface area contributed by atoms with Gasteiger partial charge in [-0.15, -0.1) is 11.3 Å². The second-order valence-corrected chi connectivity index (χ2v) is 7.08. The Hall–Kier alpha value is -2.12. The molecule has 2 aromatic heterocycles. The molecule has 1 amide bonds. The zero-order valence-electron chi connectivity index (χ0n) is 13.5. The molecule has 24 heavy (non-hydrogen) atoms. The minimum atomic E-state index is -0.0838. The van der Waals surface area contributed by atoms with Gasteiger partial charge in [-0.05, 0) is 57.7 Å². The fourth-order valence-electron chi connectivity index (χ4n) is 2.28. The number of fused-ring (bicyclic) bond motifs is 1. The van der Waals surface area contributed by atoms with Crippen molar-refractivity contribution in [3.05, 3.63) is 51.9 Å². The number of thiophene rings is 1. The smallest absolute Gasteiger partial charge is 0.282 e. The van der Waals surface area contributed by atoms with E-state index in [4.69, 9.17) is 4.74 Å². The molecule has 0 aliphatic heterocycles. The highest BCUT2D eigenvalue weighted by Gasteiger charge is 2.19. The fourth-order valence-corrected chi connectivity index (χ4v) is 3.63. The van der Waals surface area contributed by atoms with E-state index < -0.39 is 0 Å². The van der Waals surface area contributed by atoms with E-state index in [1.165, 1.54) is 11.3 Å². The molecule has 0 bridgehead atoms. The van der Waals surface area contributed by atoms with Crippen LogP contribution >= 0.6 is 27.3 Å². The number of ether oxygens (including phenoxy) is 1. The van der Waals surface area contributed by atoms with Crippen LogP contribution in [0.25, 0.3) is 10.1 Å². The third-order valence-electron chi connectivity index (χ3n) is 3.71. The van der Waals surface area contributed by atoms with Crippen molar-refractivity contribution in [2.24, 2.45) is 0 Å². The van der Waals surface area contributed by atoms with Crippen LogP contribution < -0.4 is 9.75 Å². The van der Waals surface area contributed by atoms with E-state index in [1.54, 1.807) is 24.2 Å². The van der Waals surface area contributed by atoms with Gasteiger partial charge in [-0.3, -0.25) is 14.8 Å². The summed E-state index contributed by atoms with van der Waals surface area (Å²) in [6.07, 6.45) is 0. The lowest BCUT2D eigenvalue weighted by Gasteiger charge is -2.28. The SMILES string of the molecule is COc1ccc2sc(C(=O)N(C)N(C)c3cccc(Br)n3)cc2c1. The first-order valence-corrected chi connectivity index (χ1v) is 8.82. The summed E-state index contributed by atoms with van der Waals surface area (Å²) < 4.78 is 7.01. The number of amides is 1. The van der Waals surface area contributed by atoms with Crippen molar-refractivity contribution in [3.8, 4) is 5.75 Å². The Morgan fingerprint density at radius 3 is 2.71 bits per heavy atom. The van der Waals surface area contributed by atoms with Crippen LogP contribution in [-0.2, 0) is 0 Å². The Kier molecular flexibility index (Phi) is 4.73. The van der Waals surface area contributed by atoms with Crippen molar-refractivity contribution in [3.63, 3.8) is 0 Å². The first-order valence-electron chi connectivity index (χ1n) is 7.21. The molecule has 0 unspecified atom stereocenters. The van der Waals surface area contributed by atoms with Gasteiger partial charge in [0.05, 0.1) is 12.0 Å². The van der Waals surface area contributed by atoms with Crippen molar-refractivity contribution in [1.82, 2.24) is 9.99 Å². The number of pyridine rings is 1. The molecule has 1 aromatic carbocycles. The number of anilines is 1. The predicted molar refractivity (Wildman–Crippen MR) is 101 cm³/mol. The molecule has 0 N–H and O–H groups in total. The maximum atomic E-state index is 12.8. The molecule has 2 heterocycles. The van der Waals surface area contributed by atoms with E-state index in [1.807, 2.05) is 49.5 Å². The number of aromatic nitrogens is 1. The Balaban J connectivity index is 1.87. The Bertz CT molecular complexity index is 896. The van der Waals surface area contributed by atoms with Gasteiger partial charge in [0.25, 0.3) is 5.91 Å². The molecule has 3 aromatic rings. The molecule has 0 spiro atoms. The van der Waals surface area contributed by atoms with Gasteiger partial charge in [-0.1, -0.05) is 6.07 Å². The fraction of sp³-hybridized carbons (Fsp3) is 0.176. The molecule has 7 heteroatoms. The highest BCUT2D eigenvalue weighted by Crippen LogP contribution is 2.30. The summed E-state index contributed by atoms with van der Waals surface area (Å²) in [5.74, 6) is 1.38. The molecule has 0 saturated carbocycles. The van der Waals surface area contributed by atoms with Crippen LogP contribution in [0.15, 0.2) is 47.1 Å². The van der Waals surface area contributed by atoms with Crippen LogP contribution in [0.1, 0.15) is 9.67 Å². The number of hydrogen-bond acceptors (Lipinski definition) is 5. The van der Waals surface area contributed by atoms with Crippen molar-refractivity contribution in [2.45, 2.75) is 0 Å². The zero-order chi connectivity index (χ0) is 17.3. The predicted octanol–water partition coefficient (Wildman–Crippen LogP) is 4.19. The first-order chi connectivity index (χ1) is 11.5. The number of halogens is 1. The summed E-state index contributed by atoms with van der Waals surface area (Å²) in [4.78, 5) is 17.8. The topological polar surface area (TPSA) is 45.7 Å². The van der Waals surface area contributed by atoms with E-state index >= 15 is 0 Å². The summed E-state index contributed by atoms with van der Waals surface area (Å²) in [6, 6.07) is 13.3. The number of nitrogens with zero attached hydrogens (tertiary/aromatic N) is 3. The second-order valence-electron chi connectivity index (χ2n) is 5.19. The van der Waals surface area contributed by atoms with Gasteiger partial charge in [0.2, 0.25) is 0 Å². The molecule has 5 nitrogen and oxygen atoms in total. The van der Waals surface area contributed by atoms with E-state index in [0.717, 1.165) is 20.4 Å². The Labute approximate surface area is 152 Å². The second kappa shape index (κ2) is 6.78. The quantitative estimate of drug-likeness (QED) is 0.482. The molecular weight excluding hydrogens is 390 g/mol. The standard InChI is InChI=1S/C17H16BrN3O2S/c1-20(16-6-4-5-15(18)19-16)21(2)17(22)14-10-11-9-12(23-3)7-8-13(11)24-14/h4-10H,1-3H3. The van der Waals surface area contributed by atoms with Crippen LogP contribution in [-0.4, -0.2) is 37.1 Å². The Morgan fingerprint density at radius 2 is 2.00 bits per heavy atom. The first kappa shape index (κ1) is 16.7. The van der Waals surface area contributed by atoms with Gasteiger partial charge < -0.3 is 4.74 Å². The van der Waals surface area contributed by atoms with Crippen LogP contribution in [0.4, 0.5) is 5.82 Å². The van der Waals surface area contributed by atoms with Gasteiger partial charge in [0.15, 0.2) is 0 Å². The zero-order valence-corrected chi connectivity index (χ0v) is 15.9. The largest absolute Gasteiger partial charge is 0.497 e. The normalized spacial score (nSPS) is 10.7. The molecule has 124 valence electrons. The summed E-state index contributed by atoms with van der Waals surface area (Å²) in [7, 11) is 5.17. The summed E-state index contributed by atoms with van der Waals surface area (Å²) >= 11 is 4.81. The number of benzene rings is 1. The van der Waals surface area contributed by atoms with E-state index in [-0.39, 0.29) is 5.91 Å². The molecule has 0 saturated heterocycles. The van der Waals surface area contributed by atoms with Gasteiger partial charge in [0.1, 0.15) is 16.2 Å². The van der Waals surface area contributed by atoms with Gasteiger partial charge in [0, 0.05) is 18.8 Å². The van der Waals surface area contributed by atoms with Gasteiger partial charge in [-0.25, -0.2) is 4.98 Å². The van der Waals surface area contributed by atoms with Crippen LogP contribution in [0.3, 0.4) is 0 Å². The van der Waals surface area contributed by atoms with Crippen molar-refractivity contribution in [2.75, 3.05) is 26.2 Å². The van der Waals surface area contributed by atoms with Crippen LogP contribution in [0.5, 0.6) is 5.75 Å². The third-order valence-corrected chi connectivity index (χ3v) is 5.26. The van der Waals surface area contributed by atoms with Crippen molar-refractivity contribution >= 4 is 49.1 Å². The highest BCUT2D eigenvalue weighted by atomic mass is 79.9. The summed E-state index contributed by atoms with van der Waals surface area (Å²) in [5.41, 5.74) is 0. The molecule has 0 fully saturated rings. The molecule has 0 atom stereocenters. The maximum absolute atomic E-state index is 12.8. The minimum absolute atomic E-state index is 0.0838. The number of carbonyl (C=O) groups is 1. The lowest BCUT2D eigenvalue weighted by atomic mass is 10.2. The van der Waals surface area contributed by atoms with E-state index in [2.05, 4.69) is 20.9 Å². The van der Waals surface area contributed by atoms with Gasteiger partial charge >= 0.3 is 0 Å². The lowest BCUT2D eigenvalue weighted by Crippen LogP contribution is -2.41. The molecular formula is C17H16BrN3O2S. The number of rotatable bonds is 4. The molecule has 0 radical (unpaired) electrons. The summed E-state index contributed by atoms with van der Waals surface area (Å²) in [5, 5.41) is 4.27. The van der Waals surface area contributed by atoms with Gasteiger partial charge in [-0.2, -0.15) is 0 Å². The maximum Gasteiger partial charge on any atom is 0.282 e. The summed E-state index contributed by atoms with van der Waals surface area (Å²) in [6.45, 7) is 0. The lowest BCUT2D eigenvalue weighted by molar-refractivity contribution is 0.0790.